The van der Waals surface area contributed by atoms with E-state index in [-0.39, 0.29) is 5.91 Å². The highest BCUT2D eigenvalue weighted by Gasteiger charge is 2.16. The normalized spacial score (nSPS) is 17.1. The summed E-state index contributed by atoms with van der Waals surface area (Å²) in [4.78, 5) is 14.4. The van der Waals surface area contributed by atoms with Crippen molar-refractivity contribution in [2.45, 2.75) is 26.2 Å². The first-order valence-electron chi connectivity index (χ1n) is 7.38. The van der Waals surface area contributed by atoms with E-state index in [4.69, 9.17) is 5.73 Å². The molecule has 3 N–H and O–H groups in total. The zero-order valence-corrected chi connectivity index (χ0v) is 12.5. The zero-order chi connectivity index (χ0) is 14.5. The molecule has 0 radical (unpaired) electrons. The monoisotopic (exact) mass is 275 g/mol. The fraction of sp³-hybridized carbons (Fsp3) is 0.562. The number of benzene rings is 1. The molecule has 0 saturated carbocycles. The Kier molecular flexibility index (Phi) is 5.01. The molecule has 20 heavy (non-hydrogen) atoms. The molecule has 1 fully saturated rings. The average Bonchev–Trinajstić information content (AvgIpc) is 2.40. The molecule has 1 aliphatic rings. The number of hydrogen-bond acceptors (Lipinski definition) is 3. The molecule has 1 heterocycles. The third kappa shape index (κ3) is 4.23. The largest absolute Gasteiger partial charge is 0.399 e. The molecule has 0 aliphatic carbocycles. The van der Waals surface area contributed by atoms with E-state index < -0.39 is 0 Å². The summed E-state index contributed by atoms with van der Waals surface area (Å²) in [5.74, 6) is 0.724. The van der Waals surface area contributed by atoms with Gasteiger partial charge in [-0.05, 0) is 76.0 Å². The van der Waals surface area contributed by atoms with Crippen LogP contribution in [0.5, 0.6) is 0 Å². The van der Waals surface area contributed by atoms with E-state index in [2.05, 4.69) is 17.3 Å². The van der Waals surface area contributed by atoms with Gasteiger partial charge < -0.3 is 16.0 Å². The molecule has 1 saturated heterocycles. The Hall–Kier alpha value is -1.55. The maximum absolute atomic E-state index is 12.1. The molecule has 0 atom stereocenters. The number of amides is 1. The van der Waals surface area contributed by atoms with Crippen LogP contribution in [0.2, 0.25) is 0 Å². The molecule has 1 amide bonds. The fourth-order valence-corrected chi connectivity index (χ4v) is 2.79. The number of piperidine rings is 1. The SMILES string of the molecule is Cc1cc(N)cc(C(=O)NCCC2CCN(C)CC2)c1. The second-order valence-corrected chi connectivity index (χ2v) is 5.92. The summed E-state index contributed by atoms with van der Waals surface area (Å²) in [6.07, 6.45) is 3.55. The van der Waals surface area contributed by atoms with E-state index in [1.165, 1.54) is 25.9 Å². The number of carbonyl (C=O) groups excluding carboxylic acids is 1. The number of nitrogens with two attached hydrogens (primary N) is 1. The Morgan fingerprint density at radius 2 is 2.05 bits per heavy atom. The molecule has 1 aromatic rings. The van der Waals surface area contributed by atoms with E-state index in [1.54, 1.807) is 6.07 Å². The quantitative estimate of drug-likeness (QED) is 0.827. The molecule has 4 heteroatoms. The van der Waals surface area contributed by atoms with Crippen LogP contribution in [-0.4, -0.2) is 37.5 Å². The maximum atomic E-state index is 12.1. The molecule has 1 aromatic carbocycles. The number of nitrogen functional groups attached to an aromatic ring is 1. The zero-order valence-electron chi connectivity index (χ0n) is 12.5. The number of nitrogens with one attached hydrogen (secondary N) is 1. The van der Waals surface area contributed by atoms with E-state index >= 15 is 0 Å². The van der Waals surface area contributed by atoms with Crippen molar-refractivity contribution in [2.24, 2.45) is 5.92 Å². The van der Waals surface area contributed by atoms with Crippen LogP contribution in [0.4, 0.5) is 5.69 Å². The number of rotatable bonds is 4. The lowest BCUT2D eigenvalue weighted by atomic mass is 9.94. The van der Waals surface area contributed by atoms with Crippen LogP contribution in [0.3, 0.4) is 0 Å². The lowest BCUT2D eigenvalue weighted by Gasteiger charge is -2.28. The standard InChI is InChI=1S/C16H25N3O/c1-12-9-14(11-15(17)10-12)16(20)18-6-3-13-4-7-19(2)8-5-13/h9-11,13H,3-8,17H2,1-2H3,(H,18,20). The van der Waals surface area contributed by atoms with Crippen LogP contribution in [0.1, 0.15) is 35.2 Å². The Morgan fingerprint density at radius 3 is 2.70 bits per heavy atom. The number of nitrogens with zero attached hydrogens (tertiary/aromatic N) is 1. The predicted molar refractivity (Wildman–Crippen MR) is 82.8 cm³/mol. The summed E-state index contributed by atoms with van der Waals surface area (Å²) in [5.41, 5.74) is 8.09. The van der Waals surface area contributed by atoms with Gasteiger partial charge in [0.1, 0.15) is 0 Å². The van der Waals surface area contributed by atoms with Crippen molar-refractivity contribution in [2.75, 3.05) is 32.4 Å². The molecular formula is C16H25N3O. The number of anilines is 1. The number of likely N-dealkylation sites (tertiary alicyclic amines) is 1. The summed E-state index contributed by atoms with van der Waals surface area (Å²) in [6, 6.07) is 5.48. The molecule has 0 bridgehead atoms. The van der Waals surface area contributed by atoms with Gasteiger partial charge in [-0.25, -0.2) is 0 Å². The van der Waals surface area contributed by atoms with E-state index in [0.29, 0.717) is 11.3 Å². The topological polar surface area (TPSA) is 58.4 Å². The first-order valence-corrected chi connectivity index (χ1v) is 7.38. The van der Waals surface area contributed by atoms with Crippen molar-refractivity contribution in [1.82, 2.24) is 10.2 Å². The summed E-state index contributed by atoms with van der Waals surface area (Å²) in [7, 11) is 2.17. The van der Waals surface area contributed by atoms with E-state index in [9.17, 15) is 4.79 Å². The van der Waals surface area contributed by atoms with Crippen molar-refractivity contribution in [1.29, 1.82) is 0 Å². The van der Waals surface area contributed by atoms with Crippen molar-refractivity contribution >= 4 is 11.6 Å². The minimum absolute atomic E-state index is 0.0201. The Bertz CT molecular complexity index is 445. The van der Waals surface area contributed by atoms with E-state index in [1.807, 2.05) is 19.1 Å². The van der Waals surface area contributed by atoms with Crippen molar-refractivity contribution in [3.05, 3.63) is 29.3 Å². The van der Waals surface area contributed by atoms with Crippen LogP contribution in [0, 0.1) is 12.8 Å². The third-order valence-electron chi connectivity index (χ3n) is 4.04. The van der Waals surface area contributed by atoms with Crippen LogP contribution in [0.25, 0.3) is 0 Å². The van der Waals surface area contributed by atoms with Gasteiger partial charge >= 0.3 is 0 Å². The van der Waals surface area contributed by atoms with Crippen LogP contribution >= 0.6 is 0 Å². The van der Waals surface area contributed by atoms with Crippen molar-refractivity contribution in [3.8, 4) is 0 Å². The lowest BCUT2D eigenvalue weighted by molar-refractivity contribution is 0.0949. The van der Waals surface area contributed by atoms with Crippen LogP contribution in [0.15, 0.2) is 18.2 Å². The summed E-state index contributed by atoms with van der Waals surface area (Å²) in [6.45, 7) is 5.05. The highest BCUT2D eigenvalue weighted by atomic mass is 16.1. The first-order chi connectivity index (χ1) is 9.54. The maximum Gasteiger partial charge on any atom is 0.251 e. The molecule has 0 spiro atoms. The van der Waals surface area contributed by atoms with Gasteiger partial charge in [-0.2, -0.15) is 0 Å². The van der Waals surface area contributed by atoms with Gasteiger partial charge in [0.15, 0.2) is 0 Å². The van der Waals surface area contributed by atoms with Gasteiger partial charge in [-0.3, -0.25) is 4.79 Å². The highest BCUT2D eigenvalue weighted by molar-refractivity contribution is 5.95. The van der Waals surface area contributed by atoms with E-state index in [0.717, 1.165) is 24.4 Å². The Balaban J connectivity index is 1.77. The molecule has 1 aliphatic heterocycles. The van der Waals surface area contributed by atoms with Gasteiger partial charge in [-0.1, -0.05) is 0 Å². The van der Waals surface area contributed by atoms with Gasteiger partial charge in [0, 0.05) is 17.8 Å². The molecule has 0 unspecified atom stereocenters. The smallest absolute Gasteiger partial charge is 0.251 e. The second kappa shape index (κ2) is 6.75. The number of carbonyl (C=O) groups is 1. The average molecular weight is 275 g/mol. The Labute approximate surface area is 121 Å². The predicted octanol–water partition coefficient (Wildman–Crippen LogP) is 2.04. The van der Waals surface area contributed by atoms with Gasteiger partial charge in [-0.15, -0.1) is 0 Å². The van der Waals surface area contributed by atoms with Crippen LogP contribution < -0.4 is 11.1 Å². The minimum atomic E-state index is -0.0201. The second-order valence-electron chi connectivity index (χ2n) is 5.92. The lowest BCUT2D eigenvalue weighted by Crippen LogP contribution is -2.32. The molecule has 0 aromatic heterocycles. The summed E-state index contributed by atoms with van der Waals surface area (Å²) >= 11 is 0. The molecule has 2 rings (SSSR count). The number of hydrogen-bond donors (Lipinski definition) is 2. The van der Waals surface area contributed by atoms with Gasteiger partial charge in [0.2, 0.25) is 0 Å². The third-order valence-corrected chi connectivity index (χ3v) is 4.04. The van der Waals surface area contributed by atoms with Crippen molar-refractivity contribution in [3.63, 3.8) is 0 Å². The van der Waals surface area contributed by atoms with Gasteiger partial charge in [0.05, 0.1) is 0 Å². The minimum Gasteiger partial charge on any atom is -0.399 e. The van der Waals surface area contributed by atoms with Gasteiger partial charge in [0.25, 0.3) is 5.91 Å². The van der Waals surface area contributed by atoms with Crippen LogP contribution in [-0.2, 0) is 0 Å². The molecular weight excluding hydrogens is 250 g/mol. The molecule has 110 valence electrons. The molecule has 4 nitrogen and oxygen atoms in total. The summed E-state index contributed by atoms with van der Waals surface area (Å²) < 4.78 is 0. The number of aryl methyl sites for hydroxylation is 1. The van der Waals surface area contributed by atoms with Crippen molar-refractivity contribution < 1.29 is 4.79 Å². The Morgan fingerprint density at radius 1 is 1.35 bits per heavy atom. The first kappa shape index (κ1) is 14.9. The fourth-order valence-electron chi connectivity index (χ4n) is 2.79. The highest BCUT2D eigenvalue weighted by Crippen LogP contribution is 2.18. The summed E-state index contributed by atoms with van der Waals surface area (Å²) in [5, 5.41) is 3.00.